The van der Waals surface area contributed by atoms with E-state index in [1.165, 1.54) is 67.3 Å². The Balaban J connectivity index is 1.02. The van der Waals surface area contributed by atoms with Crippen molar-refractivity contribution in [2.24, 2.45) is 0 Å². The number of para-hydroxylation sites is 4. The van der Waals surface area contributed by atoms with Crippen LogP contribution in [0.5, 0.6) is 0 Å². The Morgan fingerprint density at radius 1 is 0.292 bits per heavy atom. The molecule has 0 saturated carbocycles. The molecule has 9 aromatic carbocycles. The van der Waals surface area contributed by atoms with Crippen LogP contribution in [0.2, 0.25) is 0 Å². The second kappa shape index (κ2) is 18.4. The van der Waals surface area contributed by atoms with E-state index in [0.29, 0.717) is 17.5 Å². The van der Waals surface area contributed by atoms with Crippen LogP contribution >= 0.6 is 0 Å². The fourth-order valence-electron chi connectivity index (χ4n) is 11.7. The van der Waals surface area contributed by atoms with Crippen molar-refractivity contribution < 1.29 is 0 Å². The minimum atomic E-state index is -0.137. The normalized spacial score (nSPS) is 13.9. The third kappa shape index (κ3) is 7.86. The van der Waals surface area contributed by atoms with E-state index in [1.807, 2.05) is 6.07 Å². The van der Waals surface area contributed by atoms with E-state index < -0.39 is 0 Å². The fraction of sp³-hybridized carbons (Fsp3) is 0.149. The van der Waals surface area contributed by atoms with Gasteiger partial charge in [-0.15, -0.1) is 0 Å². The first kappa shape index (κ1) is 44.8. The van der Waals surface area contributed by atoms with Gasteiger partial charge in [-0.2, -0.15) is 0 Å². The molecular formula is C67H57N5. The molecule has 0 N–H and O–H groups in total. The molecule has 0 amide bonds. The zero-order valence-corrected chi connectivity index (χ0v) is 41.4. The maximum atomic E-state index is 5.61. The zero-order valence-electron chi connectivity index (χ0n) is 41.4. The highest BCUT2D eigenvalue weighted by atomic mass is 15.2. The van der Waals surface area contributed by atoms with Crippen LogP contribution in [0.25, 0.3) is 56.4 Å². The highest BCUT2D eigenvalue weighted by Crippen LogP contribution is 2.51. The third-order valence-corrected chi connectivity index (χ3v) is 15.3. The van der Waals surface area contributed by atoms with Crippen LogP contribution in [-0.4, -0.2) is 28.0 Å². The van der Waals surface area contributed by atoms with E-state index in [2.05, 4.69) is 256 Å². The SMILES string of the molecule is CC1(C)c2ccccc2N(CCc2c(-c3ccccc3)cccc2-c2nc(-c3ccccc3)nc(-c3cccc(-c4ccccc4)c3CCN3c4ccccc4C(C)(C)c4ccccc43)n2)c2ccccc21. The van der Waals surface area contributed by atoms with Crippen LogP contribution in [0, 0.1) is 0 Å². The van der Waals surface area contributed by atoms with Crippen LogP contribution in [-0.2, 0) is 23.7 Å². The summed E-state index contributed by atoms with van der Waals surface area (Å²) in [5, 5.41) is 0. The molecule has 0 aliphatic carbocycles. The van der Waals surface area contributed by atoms with Crippen molar-refractivity contribution in [3.63, 3.8) is 0 Å². The van der Waals surface area contributed by atoms with Crippen molar-refractivity contribution in [2.75, 3.05) is 22.9 Å². The number of nitrogens with zero attached hydrogens (tertiary/aromatic N) is 5. The number of rotatable bonds is 11. The van der Waals surface area contributed by atoms with Crippen LogP contribution in [0.4, 0.5) is 22.7 Å². The van der Waals surface area contributed by atoms with E-state index >= 15 is 0 Å². The number of hydrogen-bond acceptors (Lipinski definition) is 5. The summed E-state index contributed by atoms with van der Waals surface area (Å²) >= 11 is 0. The van der Waals surface area contributed by atoms with Crippen molar-refractivity contribution in [3.05, 3.63) is 258 Å². The zero-order chi connectivity index (χ0) is 48.8. The quantitative estimate of drug-likeness (QED) is 0.129. The molecule has 0 bridgehead atoms. The van der Waals surface area contributed by atoms with Gasteiger partial charge in [-0.25, -0.2) is 15.0 Å². The minimum absolute atomic E-state index is 0.137. The van der Waals surface area contributed by atoms with E-state index in [4.69, 9.17) is 15.0 Å². The maximum absolute atomic E-state index is 5.61. The van der Waals surface area contributed by atoms with Gasteiger partial charge in [0.2, 0.25) is 0 Å². The lowest BCUT2D eigenvalue weighted by atomic mass is 9.73. The number of benzene rings is 9. The molecule has 3 heterocycles. The highest BCUT2D eigenvalue weighted by molar-refractivity contribution is 5.83. The number of hydrogen-bond donors (Lipinski definition) is 0. The van der Waals surface area contributed by atoms with Crippen molar-refractivity contribution in [1.82, 2.24) is 15.0 Å². The Kier molecular flexibility index (Phi) is 11.4. The smallest absolute Gasteiger partial charge is 0.164 e. The lowest BCUT2D eigenvalue weighted by molar-refractivity contribution is 0.623. The predicted octanol–water partition coefficient (Wildman–Crippen LogP) is 16.2. The first-order valence-corrected chi connectivity index (χ1v) is 25.4. The molecule has 0 saturated heterocycles. The largest absolute Gasteiger partial charge is 0.341 e. The number of anilines is 4. The Morgan fingerprint density at radius 3 is 0.944 bits per heavy atom. The standard InChI is InChI=1S/C67H57N5/c1-66(2)55-34-14-18-38-59(55)71(60-39-19-15-35-56(60)66)44-42-51-49(46-24-8-5-9-25-46)30-22-32-53(51)64-68-63(48-28-12-7-13-29-48)69-65(70-64)54-33-23-31-50(47-26-10-6-11-27-47)52(54)43-45-72-61-40-20-16-36-57(61)67(3,4)58-37-17-21-41-62(58)72/h5-41H,42-45H2,1-4H3. The first-order chi connectivity index (χ1) is 35.3. The molecule has 0 unspecified atom stereocenters. The van der Waals surface area contributed by atoms with Crippen molar-refractivity contribution in [3.8, 4) is 56.4 Å². The van der Waals surface area contributed by atoms with Crippen molar-refractivity contribution in [2.45, 2.75) is 51.4 Å². The number of aromatic nitrogens is 3. The lowest BCUT2D eigenvalue weighted by Gasteiger charge is -2.42. The van der Waals surface area contributed by atoms with Gasteiger partial charge in [0.1, 0.15) is 0 Å². The fourth-order valence-corrected chi connectivity index (χ4v) is 11.7. The molecule has 350 valence electrons. The molecule has 2 aliphatic rings. The summed E-state index contributed by atoms with van der Waals surface area (Å²) in [5.41, 5.74) is 20.1. The average Bonchev–Trinajstić information content (AvgIpc) is 3.43. The lowest BCUT2D eigenvalue weighted by Crippen LogP contribution is -2.34. The van der Waals surface area contributed by atoms with Crippen LogP contribution in [0.1, 0.15) is 61.1 Å². The van der Waals surface area contributed by atoms with Gasteiger partial charge in [0.15, 0.2) is 17.5 Å². The summed E-state index contributed by atoms with van der Waals surface area (Å²) < 4.78 is 0. The monoisotopic (exact) mass is 931 g/mol. The van der Waals surface area contributed by atoms with E-state index in [1.54, 1.807) is 0 Å². The first-order valence-electron chi connectivity index (χ1n) is 25.4. The third-order valence-electron chi connectivity index (χ3n) is 15.3. The highest BCUT2D eigenvalue weighted by Gasteiger charge is 2.37. The molecule has 2 aliphatic heterocycles. The molecule has 10 aromatic rings. The molecule has 12 rings (SSSR count). The predicted molar refractivity (Wildman–Crippen MR) is 298 cm³/mol. The summed E-state index contributed by atoms with van der Waals surface area (Å²) in [7, 11) is 0. The van der Waals surface area contributed by atoms with Gasteiger partial charge >= 0.3 is 0 Å². The van der Waals surface area contributed by atoms with Gasteiger partial charge in [0.25, 0.3) is 0 Å². The summed E-state index contributed by atoms with van der Waals surface area (Å²) in [6.45, 7) is 10.9. The maximum Gasteiger partial charge on any atom is 0.164 e. The molecule has 1 aromatic heterocycles. The van der Waals surface area contributed by atoms with Crippen LogP contribution in [0.3, 0.4) is 0 Å². The second-order valence-electron chi connectivity index (χ2n) is 20.2. The minimum Gasteiger partial charge on any atom is -0.341 e. The average molecular weight is 932 g/mol. The van der Waals surface area contributed by atoms with Gasteiger partial charge in [0, 0.05) is 63.4 Å². The van der Waals surface area contributed by atoms with E-state index in [-0.39, 0.29) is 10.8 Å². The topological polar surface area (TPSA) is 45.2 Å². The molecule has 5 nitrogen and oxygen atoms in total. The van der Waals surface area contributed by atoms with Crippen LogP contribution < -0.4 is 9.80 Å². The Bertz CT molecular complexity index is 3280. The van der Waals surface area contributed by atoms with Crippen molar-refractivity contribution in [1.29, 1.82) is 0 Å². The summed E-state index contributed by atoms with van der Waals surface area (Å²) in [6.07, 6.45) is 1.49. The van der Waals surface area contributed by atoms with Gasteiger partial charge in [-0.1, -0.05) is 228 Å². The Morgan fingerprint density at radius 2 is 0.583 bits per heavy atom. The summed E-state index contributed by atoms with van der Waals surface area (Å²) in [6, 6.07) is 80.9. The Labute approximate surface area is 424 Å². The second-order valence-corrected chi connectivity index (χ2v) is 20.2. The van der Waals surface area contributed by atoms with Crippen LogP contribution in [0.15, 0.2) is 224 Å². The Hall–Kier alpha value is -8.41. The van der Waals surface area contributed by atoms with Gasteiger partial charge in [-0.3, -0.25) is 0 Å². The molecule has 0 radical (unpaired) electrons. The molecule has 72 heavy (non-hydrogen) atoms. The van der Waals surface area contributed by atoms with Crippen molar-refractivity contribution >= 4 is 22.7 Å². The van der Waals surface area contributed by atoms with E-state index in [0.717, 1.165) is 53.7 Å². The van der Waals surface area contributed by atoms with E-state index in [9.17, 15) is 0 Å². The summed E-state index contributed by atoms with van der Waals surface area (Å²) in [4.78, 5) is 21.5. The van der Waals surface area contributed by atoms with Gasteiger partial charge in [0.05, 0.1) is 0 Å². The summed E-state index contributed by atoms with van der Waals surface area (Å²) in [5.74, 6) is 1.96. The molecule has 0 spiro atoms. The molecular weight excluding hydrogens is 875 g/mol. The molecule has 5 heteroatoms. The number of fused-ring (bicyclic) bond motifs is 4. The molecule has 0 atom stereocenters. The van der Waals surface area contributed by atoms with Gasteiger partial charge in [-0.05, 0) is 92.7 Å². The van der Waals surface area contributed by atoms with Gasteiger partial charge < -0.3 is 9.80 Å². The molecule has 0 fully saturated rings.